The van der Waals surface area contributed by atoms with Gasteiger partial charge in [0, 0.05) is 12.4 Å². The first-order valence-corrected chi connectivity index (χ1v) is 4.96. The quantitative estimate of drug-likeness (QED) is 0.709. The molecule has 9 heteroatoms. The summed E-state index contributed by atoms with van der Waals surface area (Å²) in [6.07, 6.45) is 0.208. The molecule has 92 valence electrons. The fourth-order valence-electron chi connectivity index (χ4n) is 1.65. The van der Waals surface area contributed by atoms with Crippen molar-refractivity contribution in [3.63, 3.8) is 0 Å². The molecular weight excluding hydrogens is 244 g/mol. The van der Waals surface area contributed by atoms with E-state index in [2.05, 4.69) is 25.3 Å². The minimum absolute atomic E-state index is 0.0440. The summed E-state index contributed by atoms with van der Waals surface area (Å²) in [5.74, 6) is 0.198. The number of rotatable bonds is 2. The summed E-state index contributed by atoms with van der Waals surface area (Å²) in [7, 11) is 0. The maximum absolute atomic E-state index is 12.9. The van der Waals surface area contributed by atoms with Crippen LogP contribution in [-0.2, 0) is 0 Å². The number of nitrogens with zero attached hydrogens (tertiary/aromatic N) is 5. The van der Waals surface area contributed by atoms with Crippen LogP contribution in [0.25, 0.3) is 17.0 Å². The molecule has 18 heavy (non-hydrogen) atoms. The van der Waals surface area contributed by atoms with Gasteiger partial charge >= 0.3 is 0 Å². The summed E-state index contributed by atoms with van der Waals surface area (Å²) in [4.78, 5) is 7.86. The van der Waals surface area contributed by atoms with E-state index in [-0.39, 0.29) is 22.8 Å². The molecule has 0 aromatic carbocycles. The predicted octanol–water partition coefficient (Wildman–Crippen LogP) is 1.06. The van der Waals surface area contributed by atoms with Crippen LogP contribution in [0.3, 0.4) is 0 Å². The van der Waals surface area contributed by atoms with Crippen LogP contribution < -0.4 is 5.73 Å². The molecule has 7 nitrogen and oxygen atoms in total. The molecule has 0 saturated carbocycles. The van der Waals surface area contributed by atoms with Crippen LogP contribution in [0, 0.1) is 0 Å². The molecule has 3 N–H and O–H groups in total. The number of H-pyrrole nitrogens is 1. The zero-order chi connectivity index (χ0) is 12.7. The topological polar surface area (TPSA) is 98.3 Å². The summed E-state index contributed by atoms with van der Waals surface area (Å²) in [6.45, 7) is 0. The highest BCUT2D eigenvalue weighted by Crippen LogP contribution is 2.30. The minimum atomic E-state index is -2.75. The van der Waals surface area contributed by atoms with Gasteiger partial charge in [-0.15, -0.1) is 0 Å². The molecule has 3 aromatic rings. The molecule has 3 aromatic heterocycles. The Balaban J connectivity index is 2.31. The Kier molecular flexibility index (Phi) is 2.18. The van der Waals surface area contributed by atoms with Crippen molar-refractivity contribution in [2.24, 2.45) is 0 Å². The Hall–Kier alpha value is -2.58. The number of nitrogen functional groups attached to an aromatic ring is 1. The van der Waals surface area contributed by atoms with Crippen molar-refractivity contribution >= 4 is 16.9 Å². The third-order valence-corrected chi connectivity index (χ3v) is 2.39. The van der Waals surface area contributed by atoms with Gasteiger partial charge in [0.1, 0.15) is 11.5 Å². The third-order valence-electron chi connectivity index (χ3n) is 2.39. The van der Waals surface area contributed by atoms with Crippen molar-refractivity contribution in [3.05, 3.63) is 24.2 Å². The predicted molar refractivity (Wildman–Crippen MR) is 58.2 cm³/mol. The summed E-state index contributed by atoms with van der Waals surface area (Å²) < 4.78 is 26.9. The second-order valence-corrected chi connectivity index (χ2v) is 3.48. The maximum Gasteiger partial charge on any atom is 0.282 e. The van der Waals surface area contributed by atoms with Crippen molar-refractivity contribution in [2.75, 3.05) is 5.73 Å². The van der Waals surface area contributed by atoms with Gasteiger partial charge in [0.05, 0.1) is 5.39 Å². The van der Waals surface area contributed by atoms with Crippen molar-refractivity contribution in [3.8, 4) is 5.95 Å². The summed E-state index contributed by atoms with van der Waals surface area (Å²) in [6, 6.07) is 1.61. The van der Waals surface area contributed by atoms with Gasteiger partial charge in [-0.3, -0.25) is 5.10 Å². The Morgan fingerprint density at radius 2 is 2.00 bits per heavy atom. The molecule has 0 spiro atoms. The summed E-state index contributed by atoms with van der Waals surface area (Å²) in [5.41, 5.74) is 5.29. The number of hydrogen-bond acceptors (Lipinski definition) is 5. The van der Waals surface area contributed by atoms with Crippen LogP contribution in [-0.4, -0.2) is 29.9 Å². The number of alkyl halides is 2. The second-order valence-electron chi connectivity index (χ2n) is 3.48. The Labute approximate surface area is 98.6 Å². The summed E-state index contributed by atoms with van der Waals surface area (Å²) in [5, 5.41) is 10.1. The first-order valence-electron chi connectivity index (χ1n) is 4.96. The van der Waals surface area contributed by atoms with Crippen molar-refractivity contribution < 1.29 is 8.78 Å². The molecule has 0 bridgehead atoms. The molecule has 0 aliphatic carbocycles. The highest BCUT2D eigenvalue weighted by atomic mass is 19.3. The minimum Gasteiger partial charge on any atom is -0.383 e. The van der Waals surface area contributed by atoms with Gasteiger partial charge in [0.15, 0.2) is 5.65 Å². The molecule has 0 fully saturated rings. The average Bonchev–Trinajstić information content (AvgIpc) is 2.92. The van der Waals surface area contributed by atoms with Crippen LogP contribution in [0.5, 0.6) is 0 Å². The number of nitrogens with two attached hydrogens (primary N) is 1. The lowest BCUT2D eigenvalue weighted by molar-refractivity contribution is 0.147. The fourth-order valence-corrected chi connectivity index (χ4v) is 1.65. The van der Waals surface area contributed by atoms with Crippen LogP contribution in [0.1, 0.15) is 12.1 Å². The Bertz CT molecular complexity index is 688. The normalized spacial score (nSPS) is 11.5. The Morgan fingerprint density at radius 3 is 2.67 bits per heavy atom. The van der Waals surface area contributed by atoms with E-state index in [1.54, 1.807) is 6.07 Å². The number of aromatic amines is 1. The molecule has 0 aliphatic heterocycles. The maximum atomic E-state index is 12.9. The van der Waals surface area contributed by atoms with Crippen LogP contribution in [0.15, 0.2) is 18.5 Å². The molecular formula is C9H7F2N7. The first kappa shape index (κ1) is 10.6. The van der Waals surface area contributed by atoms with E-state index in [0.717, 1.165) is 4.68 Å². The monoisotopic (exact) mass is 251 g/mol. The summed E-state index contributed by atoms with van der Waals surface area (Å²) >= 11 is 0. The number of hydrogen-bond donors (Lipinski definition) is 2. The van der Waals surface area contributed by atoms with Gasteiger partial charge in [0.25, 0.3) is 12.4 Å². The zero-order valence-electron chi connectivity index (χ0n) is 8.88. The van der Waals surface area contributed by atoms with Crippen molar-refractivity contribution in [1.82, 2.24) is 29.9 Å². The van der Waals surface area contributed by atoms with Crippen molar-refractivity contribution in [2.45, 2.75) is 6.43 Å². The largest absolute Gasteiger partial charge is 0.383 e. The molecule has 0 radical (unpaired) electrons. The van der Waals surface area contributed by atoms with Crippen molar-refractivity contribution in [1.29, 1.82) is 0 Å². The molecule has 0 saturated heterocycles. The highest BCUT2D eigenvalue weighted by molar-refractivity contribution is 5.89. The van der Waals surface area contributed by atoms with E-state index in [4.69, 9.17) is 5.73 Å². The van der Waals surface area contributed by atoms with Gasteiger partial charge < -0.3 is 5.73 Å². The fraction of sp³-hybridized carbons (Fsp3) is 0.111. The average molecular weight is 251 g/mol. The zero-order valence-corrected chi connectivity index (χ0v) is 8.88. The van der Waals surface area contributed by atoms with Gasteiger partial charge in [-0.1, -0.05) is 0 Å². The lowest BCUT2D eigenvalue weighted by Gasteiger charge is -1.97. The standard InChI is InChI=1S/C9H7F2N7/c10-6(11)5-4-7(12)15-16-8(4)18(17-5)9-13-2-1-3-14-9/h1-3,6H,(H3,12,15,16). The molecule has 0 aliphatic rings. The van der Waals surface area contributed by atoms with Gasteiger partial charge in [-0.05, 0) is 6.07 Å². The molecule has 3 rings (SSSR count). The molecule has 0 amide bonds. The lowest BCUT2D eigenvalue weighted by Crippen LogP contribution is -2.03. The van der Waals surface area contributed by atoms with E-state index < -0.39 is 12.1 Å². The molecule has 0 unspecified atom stereocenters. The number of anilines is 1. The van der Waals surface area contributed by atoms with Crippen LogP contribution >= 0.6 is 0 Å². The smallest absolute Gasteiger partial charge is 0.282 e. The lowest BCUT2D eigenvalue weighted by atomic mass is 10.3. The number of halogens is 2. The molecule has 3 heterocycles. The van der Waals surface area contributed by atoms with E-state index in [0.29, 0.717) is 0 Å². The van der Waals surface area contributed by atoms with Crippen LogP contribution in [0.4, 0.5) is 14.6 Å². The second kappa shape index (κ2) is 3.72. The van der Waals surface area contributed by atoms with Crippen LogP contribution in [0.2, 0.25) is 0 Å². The first-order chi connectivity index (χ1) is 8.68. The number of fused-ring (bicyclic) bond motifs is 1. The van der Waals surface area contributed by atoms with Gasteiger partial charge in [-0.25, -0.2) is 18.7 Å². The SMILES string of the molecule is Nc1[nH]nc2c1c(C(F)F)nn2-c1ncccn1. The Morgan fingerprint density at radius 1 is 1.28 bits per heavy atom. The van der Waals surface area contributed by atoms with E-state index in [9.17, 15) is 8.78 Å². The van der Waals surface area contributed by atoms with E-state index >= 15 is 0 Å². The van der Waals surface area contributed by atoms with E-state index in [1.165, 1.54) is 12.4 Å². The number of aromatic nitrogens is 6. The van der Waals surface area contributed by atoms with E-state index in [1.807, 2.05) is 0 Å². The molecule has 0 atom stereocenters. The van der Waals surface area contributed by atoms with Gasteiger partial charge in [0.2, 0.25) is 0 Å². The number of nitrogens with one attached hydrogen (secondary N) is 1. The highest BCUT2D eigenvalue weighted by Gasteiger charge is 2.24. The third kappa shape index (κ3) is 1.40. The van der Waals surface area contributed by atoms with Gasteiger partial charge in [-0.2, -0.15) is 14.9 Å².